The van der Waals surface area contributed by atoms with Crippen molar-refractivity contribution in [3.8, 4) is 10.6 Å². The maximum atomic E-state index is 9.70. The van der Waals surface area contributed by atoms with Gasteiger partial charge in [-0.2, -0.15) is 5.10 Å². The average Bonchev–Trinajstić information content (AvgIpc) is 2.94. The van der Waals surface area contributed by atoms with Gasteiger partial charge in [0.1, 0.15) is 5.01 Å². The van der Waals surface area contributed by atoms with Gasteiger partial charge in [-0.3, -0.25) is 0 Å². The SMILES string of the molecule is Cc1cccc(-c2nn3c(CO)c(C(C)(C)C)nc3s2)c1. The number of fused-ring (bicyclic) bond motifs is 1. The molecule has 0 radical (unpaired) electrons. The lowest BCUT2D eigenvalue weighted by atomic mass is 9.91. The molecule has 0 spiro atoms. The summed E-state index contributed by atoms with van der Waals surface area (Å²) in [4.78, 5) is 5.52. The summed E-state index contributed by atoms with van der Waals surface area (Å²) in [6, 6.07) is 8.26. The Balaban J connectivity index is 2.16. The molecule has 2 heterocycles. The predicted molar refractivity (Wildman–Crippen MR) is 85.7 cm³/mol. The molecule has 5 heteroatoms. The Morgan fingerprint density at radius 1 is 1.29 bits per heavy atom. The third-order valence-corrected chi connectivity index (χ3v) is 4.38. The molecule has 3 aromatic rings. The maximum Gasteiger partial charge on any atom is 0.213 e. The average molecular weight is 301 g/mol. The number of aliphatic hydroxyl groups excluding tert-OH is 1. The second-order valence-corrected chi connectivity index (χ2v) is 7.24. The fourth-order valence-electron chi connectivity index (χ4n) is 2.43. The molecule has 0 unspecified atom stereocenters. The first-order valence-corrected chi connectivity index (χ1v) is 7.78. The van der Waals surface area contributed by atoms with E-state index in [-0.39, 0.29) is 12.0 Å². The van der Waals surface area contributed by atoms with Crippen molar-refractivity contribution in [3.05, 3.63) is 41.2 Å². The van der Waals surface area contributed by atoms with Gasteiger partial charge in [-0.1, -0.05) is 55.9 Å². The summed E-state index contributed by atoms with van der Waals surface area (Å²) in [5.74, 6) is 0. The van der Waals surface area contributed by atoms with Crippen LogP contribution in [0.25, 0.3) is 15.5 Å². The van der Waals surface area contributed by atoms with Crippen LogP contribution in [0.3, 0.4) is 0 Å². The molecular formula is C16H19N3OS. The zero-order chi connectivity index (χ0) is 15.2. The van der Waals surface area contributed by atoms with Crippen LogP contribution in [0.1, 0.15) is 37.7 Å². The molecule has 21 heavy (non-hydrogen) atoms. The number of rotatable bonds is 2. The summed E-state index contributed by atoms with van der Waals surface area (Å²) in [6.07, 6.45) is 0. The maximum absolute atomic E-state index is 9.70. The summed E-state index contributed by atoms with van der Waals surface area (Å²) in [7, 11) is 0. The van der Waals surface area contributed by atoms with E-state index >= 15 is 0 Å². The number of hydrogen-bond donors (Lipinski definition) is 1. The zero-order valence-electron chi connectivity index (χ0n) is 12.7. The van der Waals surface area contributed by atoms with E-state index in [2.05, 4.69) is 56.0 Å². The molecule has 3 rings (SSSR count). The van der Waals surface area contributed by atoms with E-state index in [1.807, 2.05) is 6.07 Å². The zero-order valence-corrected chi connectivity index (χ0v) is 13.5. The third-order valence-electron chi connectivity index (χ3n) is 3.42. The Morgan fingerprint density at radius 3 is 2.67 bits per heavy atom. The van der Waals surface area contributed by atoms with E-state index < -0.39 is 0 Å². The van der Waals surface area contributed by atoms with Crippen LogP contribution in [-0.2, 0) is 12.0 Å². The van der Waals surface area contributed by atoms with E-state index in [1.165, 1.54) is 5.56 Å². The Bertz CT molecular complexity index is 796. The van der Waals surface area contributed by atoms with Crippen molar-refractivity contribution >= 4 is 16.3 Å². The molecule has 110 valence electrons. The smallest absolute Gasteiger partial charge is 0.213 e. The van der Waals surface area contributed by atoms with Crippen LogP contribution in [0, 0.1) is 6.92 Å². The first-order chi connectivity index (χ1) is 9.90. The van der Waals surface area contributed by atoms with E-state index in [9.17, 15) is 5.11 Å². The molecule has 0 saturated heterocycles. The van der Waals surface area contributed by atoms with Gasteiger partial charge < -0.3 is 5.11 Å². The van der Waals surface area contributed by atoms with Gasteiger partial charge >= 0.3 is 0 Å². The fraction of sp³-hybridized carbons (Fsp3) is 0.375. The van der Waals surface area contributed by atoms with Gasteiger partial charge in [0, 0.05) is 11.0 Å². The van der Waals surface area contributed by atoms with Crippen molar-refractivity contribution in [2.75, 3.05) is 0 Å². The minimum absolute atomic E-state index is 0.0508. The van der Waals surface area contributed by atoms with Gasteiger partial charge in [0.05, 0.1) is 18.0 Å². The lowest BCUT2D eigenvalue weighted by molar-refractivity contribution is 0.270. The van der Waals surface area contributed by atoms with Crippen LogP contribution < -0.4 is 0 Å². The van der Waals surface area contributed by atoms with E-state index in [0.717, 1.165) is 26.9 Å². The molecule has 0 amide bonds. The number of aliphatic hydroxyl groups is 1. The van der Waals surface area contributed by atoms with Crippen LogP contribution >= 0.6 is 11.3 Å². The predicted octanol–water partition coefficient (Wildman–Crippen LogP) is 3.56. The summed E-state index contributed by atoms with van der Waals surface area (Å²) in [5.41, 5.74) is 3.90. The van der Waals surface area contributed by atoms with Gasteiger partial charge in [0.2, 0.25) is 4.96 Å². The first-order valence-electron chi connectivity index (χ1n) is 6.97. The standard InChI is InChI=1S/C16H19N3OS/c1-10-6-5-7-11(8-10)14-18-19-12(9-20)13(16(2,3)4)17-15(19)21-14/h5-8,20H,9H2,1-4H3. The first kappa shape index (κ1) is 14.2. The molecule has 1 aromatic carbocycles. The van der Waals surface area contributed by atoms with Crippen molar-refractivity contribution in [1.82, 2.24) is 14.6 Å². The number of aryl methyl sites for hydroxylation is 1. The lowest BCUT2D eigenvalue weighted by Crippen LogP contribution is -2.15. The van der Waals surface area contributed by atoms with Gasteiger partial charge in [0.15, 0.2) is 0 Å². The highest BCUT2D eigenvalue weighted by molar-refractivity contribution is 7.19. The van der Waals surface area contributed by atoms with Crippen LogP contribution in [0.4, 0.5) is 0 Å². The molecule has 0 bridgehead atoms. The highest BCUT2D eigenvalue weighted by atomic mass is 32.1. The minimum atomic E-state index is -0.102. The molecule has 4 nitrogen and oxygen atoms in total. The quantitative estimate of drug-likeness (QED) is 0.787. The number of nitrogens with zero attached hydrogens (tertiary/aromatic N) is 3. The molecule has 2 aromatic heterocycles. The van der Waals surface area contributed by atoms with Crippen LogP contribution in [0.15, 0.2) is 24.3 Å². The third kappa shape index (κ3) is 2.47. The molecule has 0 aliphatic rings. The number of benzene rings is 1. The Kier molecular flexibility index (Phi) is 3.34. The highest BCUT2D eigenvalue weighted by Crippen LogP contribution is 2.31. The van der Waals surface area contributed by atoms with Crippen molar-refractivity contribution in [2.45, 2.75) is 39.7 Å². The molecular weight excluding hydrogens is 282 g/mol. The van der Waals surface area contributed by atoms with Gasteiger partial charge in [-0.15, -0.1) is 0 Å². The molecule has 1 N–H and O–H groups in total. The fourth-order valence-corrected chi connectivity index (χ4v) is 3.34. The highest BCUT2D eigenvalue weighted by Gasteiger charge is 2.25. The van der Waals surface area contributed by atoms with E-state index in [1.54, 1.807) is 15.9 Å². The minimum Gasteiger partial charge on any atom is -0.390 e. The molecule has 0 aliphatic carbocycles. The Labute approximate surface area is 128 Å². The van der Waals surface area contributed by atoms with Gasteiger partial charge in [-0.05, 0) is 13.0 Å². The van der Waals surface area contributed by atoms with Gasteiger partial charge in [0.25, 0.3) is 0 Å². The lowest BCUT2D eigenvalue weighted by Gasteiger charge is -2.16. The van der Waals surface area contributed by atoms with Gasteiger partial charge in [-0.25, -0.2) is 9.50 Å². The normalized spacial score (nSPS) is 12.2. The van der Waals surface area contributed by atoms with Crippen molar-refractivity contribution in [3.63, 3.8) is 0 Å². The summed E-state index contributed by atoms with van der Waals surface area (Å²) in [5, 5.41) is 15.3. The van der Waals surface area contributed by atoms with Crippen LogP contribution in [0.5, 0.6) is 0 Å². The van der Waals surface area contributed by atoms with Crippen LogP contribution in [0.2, 0.25) is 0 Å². The topological polar surface area (TPSA) is 50.4 Å². The van der Waals surface area contributed by atoms with E-state index in [0.29, 0.717) is 0 Å². The summed E-state index contributed by atoms with van der Waals surface area (Å²) < 4.78 is 1.78. The second kappa shape index (κ2) is 4.93. The number of aromatic nitrogens is 3. The molecule has 0 aliphatic heterocycles. The van der Waals surface area contributed by atoms with Crippen LogP contribution in [-0.4, -0.2) is 19.7 Å². The molecule has 0 atom stereocenters. The van der Waals surface area contributed by atoms with E-state index in [4.69, 9.17) is 0 Å². The van der Waals surface area contributed by atoms with Crippen molar-refractivity contribution < 1.29 is 5.11 Å². The molecule has 0 saturated carbocycles. The monoisotopic (exact) mass is 301 g/mol. The van der Waals surface area contributed by atoms with Crippen molar-refractivity contribution in [2.24, 2.45) is 0 Å². The Hall–Kier alpha value is -1.72. The number of imidazole rings is 1. The summed E-state index contributed by atoms with van der Waals surface area (Å²) >= 11 is 1.56. The molecule has 0 fully saturated rings. The largest absolute Gasteiger partial charge is 0.390 e. The Morgan fingerprint density at radius 2 is 2.05 bits per heavy atom. The number of hydrogen-bond acceptors (Lipinski definition) is 4. The summed E-state index contributed by atoms with van der Waals surface area (Å²) in [6.45, 7) is 8.31. The second-order valence-electron chi connectivity index (χ2n) is 6.29. The van der Waals surface area contributed by atoms with Crippen molar-refractivity contribution in [1.29, 1.82) is 0 Å².